The van der Waals surface area contributed by atoms with Crippen LogP contribution in [-0.2, 0) is 14.3 Å². The number of allylic oxidation sites excluding steroid dienone is 1. The molecule has 44 heavy (non-hydrogen) atoms. The minimum absolute atomic E-state index is 0.0452. The molecule has 2 aliphatic carbocycles. The number of aromatic nitrogens is 2. The minimum Gasteiger partial charge on any atom is -0.473 e. The molecular formula is C33H50N6O5. The number of hydrogen-bond donors (Lipinski definition) is 1. The largest absolute Gasteiger partial charge is 0.473 e. The van der Waals surface area contributed by atoms with E-state index in [2.05, 4.69) is 23.8 Å². The lowest BCUT2D eigenvalue weighted by molar-refractivity contribution is -0.143. The van der Waals surface area contributed by atoms with Gasteiger partial charge >= 0.3 is 6.09 Å². The van der Waals surface area contributed by atoms with Crippen LogP contribution >= 0.6 is 0 Å². The second-order valence-corrected chi connectivity index (χ2v) is 14.2. The number of hydrogen-bond acceptors (Lipinski definition) is 10. The second-order valence-electron chi connectivity index (χ2n) is 14.2. The topological polar surface area (TPSA) is 131 Å². The number of rotatable bonds is 5. The summed E-state index contributed by atoms with van der Waals surface area (Å²) in [6, 6.07) is 1.97. The van der Waals surface area contributed by atoms with E-state index in [1.807, 2.05) is 33.8 Å². The molecule has 0 unspecified atom stereocenters. The van der Waals surface area contributed by atoms with E-state index in [0.717, 1.165) is 38.6 Å². The van der Waals surface area contributed by atoms with Gasteiger partial charge in [0.15, 0.2) is 11.6 Å². The highest BCUT2D eigenvalue weighted by molar-refractivity contribution is 6.17. The van der Waals surface area contributed by atoms with Crippen molar-refractivity contribution in [3.05, 3.63) is 17.5 Å². The number of likely N-dealkylation sites (N-methyl/N-ethyl adjacent to an activating group) is 1. The van der Waals surface area contributed by atoms with Crippen molar-refractivity contribution in [1.82, 2.24) is 19.8 Å². The van der Waals surface area contributed by atoms with Gasteiger partial charge in [-0.2, -0.15) is 4.98 Å². The molecule has 4 atom stereocenters. The van der Waals surface area contributed by atoms with Crippen LogP contribution in [-0.4, -0.2) is 94.4 Å². The fourth-order valence-corrected chi connectivity index (χ4v) is 7.38. The molecular weight excluding hydrogens is 560 g/mol. The average Bonchev–Trinajstić information content (AvgIpc) is 3.40. The molecule has 1 amide bonds. The second kappa shape index (κ2) is 12.7. The summed E-state index contributed by atoms with van der Waals surface area (Å²) in [7, 11) is 2.11. The van der Waals surface area contributed by atoms with E-state index in [4.69, 9.17) is 25.2 Å². The maximum atomic E-state index is 13.9. The van der Waals surface area contributed by atoms with Crippen molar-refractivity contribution in [2.45, 2.75) is 116 Å². The summed E-state index contributed by atoms with van der Waals surface area (Å²) in [4.78, 5) is 55.6. The molecule has 3 heterocycles. The summed E-state index contributed by atoms with van der Waals surface area (Å²) in [5, 5.41) is 0. The van der Waals surface area contributed by atoms with Gasteiger partial charge in [0.05, 0.1) is 11.1 Å². The quantitative estimate of drug-likeness (QED) is 0.380. The smallest absolute Gasteiger partial charge is 0.410 e. The third-order valence-corrected chi connectivity index (χ3v) is 9.79. The summed E-state index contributed by atoms with van der Waals surface area (Å²) in [5.74, 6) is 1.17. The SMILES string of the molecule is C[C@H](Oc1cc(N2CCN(C(=O)OC(C)(C)C)[C@H](C)C2)nc(C(N)=C2CCC[C@@]3(CCCCC3=O)C2=O)n1)[C@@H]1CCCN1C. The number of ether oxygens (including phenoxy) is 2. The standard InChI is InChI=1S/C33H50N6O5/c1-21-20-38(17-18-39(21)31(42)44-32(3,4)5)26-19-27(43-22(2)24-12-10-16-37(24)6)36-30(35-26)28(34)23-11-9-15-33(29(23)41)14-8-7-13-25(33)40/h19,21-22,24H,7-18,20,34H2,1-6H3/t21-,22+,24+,33-/m1/s1. The van der Waals surface area contributed by atoms with E-state index in [1.165, 1.54) is 0 Å². The van der Waals surface area contributed by atoms with Gasteiger partial charge in [-0.25, -0.2) is 9.78 Å². The monoisotopic (exact) mass is 610 g/mol. The fraction of sp³-hybridized carbons (Fsp3) is 0.727. The van der Waals surface area contributed by atoms with E-state index >= 15 is 0 Å². The number of nitrogens with zero attached hydrogens (tertiary/aromatic N) is 5. The first-order valence-corrected chi connectivity index (χ1v) is 16.4. The van der Waals surface area contributed by atoms with Crippen LogP contribution in [0.15, 0.2) is 11.6 Å². The number of nitrogens with two attached hydrogens (primary N) is 1. The van der Waals surface area contributed by atoms with Crippen molar-refractivity contribution < 1.29 is 23.9 Å². The molecule has 0 bridgehead atoms. The molecule has 2 saturated heterocycles. The highest BCUT2D eigenvalue weighted by Gasteiger charge is 2.49. The van der Waals surface area contributed by atoms with Gasteiger partial charge in [-0.05, 0) is 93.2 Å². The first-order valence-electron chi connectivity index (χ1n) is 16.4. The lowest BCUT2D eigenvalue weighted by Gasteiger charge is -2.40. The summed E-state index contributed by atoms with van der Waals surface area (Å²) >= 11 is 0. The molecule has 1 spiro atoms. The Morgan fingerprint density at radius 1 is 1.07 bits per heavy atom. The number of anilines is 1. The zero-order chi connectivity index (χ0) is 31.8. The predicted octanol–water partition coefficient (Wildman–Crippen LogP) is 4.34. The predicted molar refractivity (Wildman–Crippen MR) is 168 cm³/mol. The fourth-order valence-electron chi connectivity index (χ4n) is 7.38. The Hall–Kier alpha value is -3.21. The summed E-state index contributed by atoms with van der Waals surface area (Å²) < 4.78 is 12.1. The minimum atomic E-state index is -0.956. The van der Waals surface area contributed by atoms with E-state index in [0.29, 0.717) is 62.6 Å². The number of ketones is 2. The maximum absolute atomic E-state index is 13.9. The number of Topliss-reactive ketones (excluding diaryl/α,β-unsaturated/α-hetero) is 2. The summed E-state index contributed by atoms with van der Waals surface area (Å²) in [5.41, 5.74) is 5.91. The van der Waals surface area contributed by atoms with Gasteiger partial charge in [-0.1, -0.05) is 6.42 Å². The van der Waals surface area contributed by atoms with Crippen LogP contribution in [0.2, 0.25) is 0 Å². The van der Waals surface area contributed by atoms with Crippen LogP contribution in [0.4, 0.5) is 10.6 Å². The van der Waals surface area contributed by atoms with E-state index < -0.39 is 11.0 Å². The van der Waals surface area contributed by atoms with Gasteiger partial charge in [0.1, 0.15) is 23.3 Å². The normalized spacial score (nSPS) is 28.8. The number of likely N-dealkylation sites (tertiary alicyclic amines) is 1. The van der Waals surface area contributed by atoms with Gasteiger partial charge in [-0.15, -0.1) is 0 Å². The first-order chi connectivity index (χ1) is 20.8. The number of amides is 1. The molecule has 11 heteroatoms. The third kappa shape index (κ3) is 6.57. The van der Waals surface area contributed by atoms with Gasteiger partial charge in [0.2, 0.25) is 5.88 Å². The third-order valence-electron chi connectivity index (χ3n) is 9.79. The molecule has 1 aromatic rings. The van der Waals surface area contributed by atoms with Crippen molar-refractivity contribution in [2.24, 2.45) is 11.1 Å². The highest BCUT2D eigenvalue weighted by Crippen LogP contribution is 2.45. The van der Waals surface area contributed by atoms with Gasteiger partial charge in [0.25, 0.3) is 0 Å². The van der Waals surface area contributed by atoms with E-state index in [-0.39, 0.29) is 47.4 Å². The van der Waals surface area contributed by atoms with Crippen LogP contribution in [0.5, 0.6) is 5.88 Å². The van der Waals surface area contributed by atoms with Crippen LogP contribution in [0.25, 0.3) is 5.70 Å². The Labute approximate surface area is 261 Å². The van der Waals surface area contributed by atoms with Gasteiger partial charge in [0, 0.05) is 49.8 Å². The number of piperazine rings is 1. The van der Waals surface area contributed by atoms with Crippen molar-refractivity contribution in [3.8, 4) is 5.88 Å². The Kier molecular flexibility index (Phi) is 9.26. The van der Waals surface area contributed by atoms with Gasteiger partial charge in [-0.3, -0.25) is 14.5 Å². The molecule has 2 N–H and O–H groups in total. The summed E-state index contributed by atoms with van der Waals surface area (Å²) in [6.45, 7) is 12.2. The molecule has 5 rings (SSSR count). The number of carbonyl (C=O) groups excluding carboxylic acids is 3. The van der Waals surface area contributed by atoms with E-state index in [1.54, 1.807) is 4.90 Å². The molecule has 1 aromatic heterocycles. The van der Waals surface area contributed by atoms with Crippen molar-refractivity contribution >= 4 is 29.2 Å². The molecule has 4 aliphatic rings. The molecule has 2 saturated carbocycles. The molecule has 242 valence electrons. The Bertz CT molecular complexity index is 1300. The van der Waals surface area contributed by atoms with Crippen molar-refractivity contribution in [1.29, 1.82) is 0 Å². The average molecular weight is 611 g/mol. The molecule has 2 aliphatic heterocycles. The van der Waals surface area contributed by atoms with Crippen molar-refractivity contribution in [2.75, 3.05) is 38.1 Å². The highest BCUT2D eigenvalue weighted by atomic mass is 16.6. The maximum Gasteiger partial charge on any atom is 0.410 e. The molecule has 0 radical (unpaired) electrons. The van der Waals surface area contributed by atoms with Crippen LogP contribution in [0, 0.1) is 5.41 Å². The Morgan fingerprint density at radius 3 is 2.48 bits per heavy atom. The van der Waals surface area contributed by atoms with Crippen LogP contribution < -0.4 is 15.4 Å². The molecule has 11 nitrogen and oxygen atoms in total. The Morgan fingerprint density at radius 2 is 1.82 bits per heavy atom. The lowest BCUT2D eigenvalue weighted by Crippen LogP contribution is -2.55. The Balaban J connectivity index is 1.46. The molecule has 4 fully saturated rings. The van der Waals surface area contributed by atoms with Crippen LogP contribution in [0.1, 0.15) is 98.2 Å². The van der Waals surface area contributed by atoms with Crippen molar-refractivity contribution in [3.63, 3.8) is 0 Å². The number of carbonyl (C=O) groups is 3. The lowest BCUT2D eigenvalue weighted by atomic mass is 9.62. The van der Waals surface area contributed by atoms with E-state index in [9.17, 15) is 14.4 Å². The zero-order valence-corrected chi connectivity index (χ0v) is 27.4. The summed E-state index contributed by atoms with van der Waals surface area (Å²) in [6.07, 6.45) is 6.27. The van der Waals surface area contributed by atoms with Crippen LogP contribution in [0.3, 0.4) is 0 Å². The zero-order valence-electron chi connectivity index (χ0n) is 27.4. The molecule has 0 aromatic carbocycles. The van der Waals surface area contributed by atoms with Gasteiger partial charge < -0.3 is 25.0 Å². The first kappa shape index (κ1) is 32.2.